The number of amides is 2. The van der Waals surface area contributed by atoms with Gasteiger partial charge in [-0.25, -0.2) is 0 Å². The van der Waals surface area contributed by atoms with Crippen LogP contribution in [-0.2, 0) is 0 Å². The van der Waals surface area contributed by atoms with Crippen LogP contribution in [0.2, 0.25) is 15.1 Å². The van der Waals surface area contributed by atoms with Gasteiger partial charge in [-0.05, 0) is 42.5 Å². The Morgan fingerprint density at radius 1 is 0.720 bits per heavy atom. The van der Waals surface area contributed by atoms with Gasteiger partial charge in [0.15, 0.2) is 0 Å². The van der Waals surface area contributed by atoms with Gasteiger partial charge >= 0.3 is 0 Å². The minimum absolute atomic E-state index is 0.0652. The quantitative estimate of drug-likeness (QED) is 0.760. The summed E-state index contributed by atoms with van der Waals surface area (Å²) in [6.07, 6.45) is 0. The maximum absolute atomic E-state index is 12.6. The molecule has 4 nitrogen and oxygen atoms in total. The van der Waals surface area contributed by atoms with Crippen LogP contribution in [0, 0.1) is 0 Å². The summed E-state index contributed by atoms with van der Waals surface area (Å²) in [5.41, 5.74) is 0.966. The maximum Gasteiger partial charge on any atom is 0.255 e. The smallest absolute Gasteiger partial charge is 0.255 e. The Hall–Kier alpha value is -1.75. The topological polar surface area (TPSA) is 40.6 Å². The Morgan fingerprint density at radius 2 is 1.24 bits per heavy atom. The molecule has 2 aromatic carbocycles. The average Bonchev–Trinajstić information content (AvgIpc) is 2.63. The lowest BCUT2D eigenvalue weighted by atomic mass is 10.1. The van der Waals surface area contributed by atoms with E-state index in [1.165, 1.54) is 0 Å². The molecule has 130 valence electrons. The van der Waals surface area contributed by atoms with E-state index in [4.69, 9.17) is 34.8 Å². The van der Waals surface area contributed by atoms with Crippen LogP contribution in [0.1, 0.15) is 20.7 Å². The van der Waals surface area contributed by atoms with E-state index in [1.54, 1.807) is 52.3 Å². The van der Waals surface area contributed by atoms with E-state index in [0.717, 1.165) is 0 Å². The van der Waals surface area contributed by atoms with Crippen LogP contribution in [0.4, 0.5) is 0 Å². The minimum Gasteiger partial charge on any atom is -0.335 e. The zero-order valence-corrected chi connectivity index (χ0v) is 15.5. The molecule has 2 aromatic rings. The van der Waals surface area contributed by atoms with Crippen molar-refractivity contribution in [2.24, 2.45) is 0 Å². The van der Waals surface area contributed by atoms with Gasteiger partial charge in [-0.2, -0.15) is 0 Å². The highest BCUT2D eigenvalue weighted by Crippen LogP contribution is 2.23. The molecule has 1 fully saturated rings. The number of hydrogen-bond acceptors (Lipinski definition) is 2. The number of nitrogens with zero attached hydrogens (tertiary/aromatic N) is 2. The molecule has 1 saturated heterocycles. The van der Waals surface area contributed by atoms with Crippen molar-refractivity contribution in [1.82, 2.24) is 9.80 Å². The molecule has 1 aliphatic rings. The van der Waals surface area contributed by atoms with Crippen molar-refractivity contribution in [1.29, 1.82) is 0 Å². The van der Waals surface area contributed by atoms with Crippen molar-refractivity contribution in [3.05, 3.63) is 68.7 Å². The zero-order chi connectivity index (χ0) is 18.0. The highest BCUT2D eigenvalue weighted by Gasteiger charge is 2.26. The molecule has 0 N–H and O–H groups in total. The summed E-state index contributed by atoms with van der Waals surface area (Å²) in [7, 11) is 0. The Morgan fingerprint density at radius 3 is 1.84 bits per heavy atom. The van der Waals surface area contributed by atoms with Gasteiger partial charge in [0.05, 0.1) is 10.6 Å². The first kappa shape index (κ1) is 18.1. The number of benzene rings is 2. The van der Waals surface area contributed by atoms with Crippen molar-refractivity contribution in [2.45, 2.75) is 0 Å². The normalized spacial score (nSPS) is 14.5. The molecular weight excluding hydrogens is 383 g/mol. The highest BCUT2D eigenvalue weighted by molar-refractivity contribution is 6.35. The van der Waals surface area contributed by atoms with Crippen molar-refractivity contribution in [3.63, 3.8) is 0 Å². The van der Waals surface area contributed by atoms with Crippen LogP contribution >= 0.6 is 34.8 Å². The summed E-state index contributed by atoms with van der Waals surface area (Å²) >= 11 is 17.9. The second-order valence-electron chi connectivity index (χ2n) is 5.72. The lowest BCUT2D eigenvalue weighted by molar-refractivity contribution is 0.0535. The van der Waals surface area contributed by atoms with E-state index in [0.29, 0.717) is 52.4 Å². The van der Waals surface area contributed by atoms with E-state index in [1.807, 2.05) is 0 Å². The maximum atomic E-state index is 12.6. The second kappa shape index (κ2) is 7.65. The Bertz CT molecular complexity index is 800. The third-order valence-corrected chi connectivity index (χ3v) is 4.92. The Kier molecular flexibility index (Phi) is 5.52. The van der Waals surface area contributed by atoms with Crippen molar-refractivity contribution < 1.29 is 9.59 Å². The fourth-order valence-corrected chi connectivity index (χ4v) is 3.22. The van der Waals surface area contributed by atoms with Gasteiger partial charge in [0.2, 0.25) is 0 Å². The summed E-state index contributed by atoms with van der Waals surface area (Å²) in [5.74, 6) is -0.240. The molecule has 25 heavy (non-hydrogen) atoms. The molecule has 0 unspecified atom stereocenters. The molecule has 2 amide bonds. The summed E-state index contributed by atoms with van der Waals surface area (Å²) in [6, 6.07) is 11.6. The van der Waals surface area contributed by atoms with Gasteiger partial charge in [-0.1, -0.05) is 34.8 Å². The first-order chi connectivity index (χ1) is 12.0. The first-order valence-electron chi connectivity index (χ1n) is 7.75. The summed E-state index contributed by atoms with van der Waals surface area (Å²) < 4.78 is 0. The number of carbonyl (C=O) groups excluding carboxylic acids is 2. The Labute approximate surface area is 160 Å². The molecule has 0 aromatic heterocycles. The molecule has 1 aliphatic heterocycles. The fourth-order valence-electron chi connectivity index (χ4n) is 2.72. The van der Waals surface area contributed by atoms with Gasteiger partial charge in [0.25, 0.3) is 11.8 Å². The number of halogens is 3. The highest BCUT2D eigenvalue weighted by atomic mass is 35.5. The monoisotopic (exact) mass is 396 g/mol. The summed E-state index contributed by atoms with van der Waals surface area (Å²) in [4.78, 5) is 28.5. The standard InChI is InChI=1S/C18H15Cl3N2O2/c19-13-3-1-12(2-4-13)17(24)22-7-9-23(10-8-22)18(25)15-11-14(20)5-6-16(15)21/h1-6,11H,7-10H2. The van der Waals surface area contributed by atoms with Crippen LogP contribution in [0.5, 0.6) is 0 Å². The SMILES string of the molecule is O=C(c1ccc(Cl)cc1)N1CCN(C(=O)c2cc(Cl)ccc2Cl)CC1. The van der Waals surface area contributed by atoms with Crippen molar-refractivity contribution in [3.8, 4) is 0 Å². The van der Waals surface area contributed by atoms with Gasteiger partial charge in [-0.3, -0.25) is 9.59 Å². The summed E-state index contributed by atoms with van der Waals surface area (Å²) in [6.45, 7) is 1.82. The predicted octanol–water partition coefficient (Wildman–Crippen LogP) is 4.25. The third kappa shape index (κ3) is 4.09. The van der Waals surface area contributed by atoms with Crippen LogP contribution in [-0.4, -0.2) is 47.8 Å². The molecule has 3 rings (SSSR count). The van der Waals surface area contributed by atoms with Crippen LogP contribution < -0.4 is 0 Å². The number of carbonyl (C=O) groups is 2. The number of hydrogen-bond donors (Lipinski definition) is 0. The average molecular weight is 398 g/mol. The van der Waals surface area contributed by atoms with Crippen LogP contribution in [0.3, 0.4) is 0 Å². The van der Waals surface area contributed by atoms with Gasteiger partial charge in [-0.15, -0.1) is 0 Å². The Balaban J connectivity index is 1.65. The molecule has 0 bridgehead atoms. The number of piperazine rings is 1. The molecule has 0 aliphatic carbocycles. The lowest BCUT2D eigenvalue weighted by Gasteiger charge is -2.35. The molecule has 0 saturated carbocycles. The third-order valence-electron chi connectivity index (χ3n) is 4.10. The minimum atomic E-state index is -0.175. The van der Waals surface area contributed by atoms with Gasteiger partial charge in [0, 0.05) is 41.8 Å². The van der Waals surface area contributed by atoms with E-state index in [9.17, 15) is 9.59 Å². The molecular formula is C18H15Cl3N2O2. The molecule has 0 radical (unpaired) electrons. The van der Waals surface area contributed by atoms with Gasteiger partial charge in [0.1, 0.15) is 0 Å². The zero-order valence-electron chi connectivity index (χ0n) is 13.2. The lowest BCUT2D eigenvalue weighted by Crippen LogP contribution is -2.50. The number of rotatable bonds is 2. The largest absolute Gasteiger partial charge is 0.335 e. The van der Waals surface area contributed by atoms with E-state index in [2.05, 4.69) is 0 Å². The predicted molar refractivity (Wildman–Crippen MR) is 99.7 cm³/mol. The first-order valence-corrected chi connectivity index (χ1v) is 8.88. The van der Waals surface area contributed by atoms with E-state index < -0.39 is 0 Å². The second-order valence-corrected chi connectivity index (χ2v) is 7.00. The molecule has 0 atom stereocenters. The molecule has 7 heteroatoms. The van der Waals surface area contributed by atoms with E-state index >= 15 is 0 Å². The van der Waals surface area contributed by atoms with E-state index in [-0.39, 0.29) is 11.8 Å². The van der Waals surface area contributed by atoms with Crippen LogP contribution in [0.25, 0.3) is 0 Å². The molecule has 1 heterocycles. The fraction of sp³-hybridized carbons (Fsp3) is 0.222. The van der Waals surface area contributed by atoms with Crippen molar-refractivity contribution in [2.75, 3.05) is 26.2 Å². The van der Waals surface area contributed by atoms with Crippen molar-refractivity contribution >= 4 is 46.6 Å². The summed E-state index contributed by atoms with van der Waals surface area (Å²) in [5, 5.41) is 1.42. The van der Waals surface area contributed by atoms with Crippen LogP contribution in [0.15, 0.2) is 42.5 Å². The van der Waals surface area contributed by atoms with Gasteiger partial charge < -0.3 is 9.80 Å². The molecule has 0 spiro atoms.